The van der Waals surface area contributed by atoms with Gasteiger partial charge in [0.1, 0.15) is 0 Å². The number of hydrogen-bond acceptors (Lipinski definition) is 2. The zero-order valence-electron chi connectivity index (χ0n) is 38.7. The van der Waals surface area contributed by atoms with Crippen molar-refractivity contribution in [3.8, 4) is 11.1 Å². The summed E-state index contributed by atoms with van der Waals surface area (Å²) in [7, 11) is 0. The highest BCUT2D eigenvalue weighted by molar-refractivity contribution is 6.94. The van der Waals surface area contributed by atoms with Gasteiger partial charge < -0.3 is 9.80 Å². The van der Waals surface area contributed by atoms with Gasteiger partial charge in [-0.05, 0) is 141 Å². The lowest BCUT2D eigenvalue weighted by atomic mass is 9.30. The zero-order chi connectivity index (χ0) is 43.0. The summed E-state index contributed by atoms with van der Waals surface area (Å²) in [5.41, 5.74) is 19.1. The fourth-order valence-electron chi connectivity index (χ4n) is 12.1. The van der Waals surface area contributed by atoms with E-state index in [1.807, 2.05) is 0 Å². The monoisotopic (exact) mass is 815 g/mol. The average Bonchev–Trinajstić information content (AvgIpc) is 3.28. The zero-order valence-corrected chi connectivity index (χ0v) is 38.7. The quantitative estimate of drug-likeness (QED) is 0.179. The van der Waals surface area contributed by atoms with E-state index in [0.29, 0.717) is 11.8 Å². The number of benzene rings is 4. The van der Waals surface area contributed by atoms with Gasteiger partial charge >= 0.3 is 0 Å². The van der Waals surface area contributed by atoms with Crippen LogP contribution in [0.3, 0.4) is 0 Å². The molecule has 2 heterocycles. The Morgan fingerprint density at radius 1 is 0.645 bits per heavy atom. The molecule has 0 bridgehead atoms. The summed E-state index contributed by atoms with van der Waals surface area (Å²) in [5, 5.41) is 0. The van der Waals surface area contributed by atoms with E-state index in [0.717, 1.165) is 44.9 Å². The Morgan fingerprint density at radius 3 is 2.08 bits per heavy atom. The summed E-state index contributed by atoms with van der Waals surface area (Å²) in [6.45, 7) is 19.9. The van der Waals surface area contributed by atoms with E-state index in [4.69, 9.17) is 0 Å². The molecule has 2 nitrogen and oxygen atoms in total. The lowest BCUT2D eigenvalue weighted by Crippen LogP contribution is -2.65. The third-order valence-corrected chi connectivity index (χ3v) is 15.9. The Kier molecular flexibility index (Phi) is 10.4. The first kappa shape index (κ1) is 41.0. The van der Waals surface area contributed by atoms with Gasteiger partial charge in [-0.3, -0.25) is 0 Å². The molecule has 0 N–H and O–H groups in total. The molecule has 2 aliphatic heterocycles. The van der Waals surface area contributed by atoms with Crippen LogP contribution in [0.4, 0.5) is 11.4 Å². The molecule has 4 atom stereocenters. The van der Waals surface area contributed by atoms with Crippen molar-refractivity contribution in [3.63, 3.8) is 0 Å². The number of nitrogens with zero attached hydrogens (tertiary/aromatic N) is 2. The Bertz CT molecular complexity index is 2550. The average molecular weight is 815 g/mol. The maximum Gasteiger partial charge on any atom is 0.246 e. The number of rotatable bonds is 6. The number of allylic oxidation sites excluding steroid dienone is 9. The van der Waals surface area contributed by atoms with Gasteiger partial charge in [0.2, 0.25) is 6.71 Å². The maximum atomic E-state index is 2.94. The minimum atomic E-state index is 0.00832. The highest BCUT2D eigenvalue weighted by Crippen LogP contribution is 2.54. The fourth-order valence-corrected chi connectivity index (χ4v) is 12.1. The van der Waals surface area contributed by atoms with Crippen molar-refractivity contribution in [1.29, 1.82) is 0 Å². The molecule has 0 amide bonds. The third-order valence-electron chi connectivity index (χ3n) is 15.9. The summed E-state index contributed by atoms with van der Waals surface area (Å²) < 4.78 is 0. The molecule has 62 heavy (non-hydrogen) atoms. The fraction of sp³-hybridized carbons (Fsp3) is 0.390. The van der Waals surface area contributed by atoms with E-state index < -0.39 is 0 Å². The van der Waals surface area contributed by atoms with Crippen LogP contribution in [-0.2, 0) is 5.41 Å². The normalized spacial score (nSPS) is 23.6. The van der Waals surface area contributed by atoms with E-state index in [9.17, 15) is 0 Å². The first-order valence-electron chi connectivity index (χ1n) is 23.9. The number of anilines is 2. The van der Waals surface area contributed by atoms with Crippen molar-refractivity contribution in [3.05, 3.63) is 173 Å². The van der Waals surface area contributed by atoms with E-state index in [-0.39, 0.29) is 35.0 Å². The Labute approximate surface area is 374 Å². The van der Waals surface area contributed by atoms with Crippen LogP contribution in [0.1, 0.15) is 118 Å². The number of fused-ring (bicyclic) bond motifs is 4. The largest absolute Gasteiger partial charge is 0.359 e. The van der Waals surface area contributed by atoms with Crippen LogP contribution in [0.2, 0.25) is 0 Å². The Morgan fingerprint density at radius 2 is 1.37 bits per heavy atom. The molecule has 4 aromatic rings. The molecule has 6 aliphatic rings. The van der Waals surface area contributed by atoms with E-state index >= 15 is 0 Å². The molecule has 10 rings (SSSR count). The highest BCUT2D eigenvalue weighted by atomic mass is 15.2. The van der Waals surface area contributed by atoms with Crippen molar-refractivity contribution >= 4 is 34.6 Å². The second-order valence-corrected chi connectivity index (χ2v) is 22.0. The second kappa shape index (κ2) is 15.7. The van der Waals surface area contributed by atoms with Crippen molar-refractivity contribution in [2.75, 3.05) is 9.80 Å². The summed E-state index contributed by atoms with van der Waals surface area (Å²) in [6, 6.07) is 37.8. The second-order valence-electron chi connectivity index (χ2n) is 22.0. The standard InChI is InChI=1S/C59H67BN2/c1-57(2,3)45-27-19-29-49(36-45)62-53-37-46(58(4,5)6)31-33-51(53)60-50-32-30-43(41-22-14-10-15-23-41)35-52(50)61(48-28-18-24-42(34-48)40-20-12-9-13-21-40)54-38-47(39-55(62)56(54)60)59(7,8)44-25-16-11-17-26-44/h9-10,12-16,18,20-26,28-33,35,37,45,47-48,54H,11,17,19,27,34,36,38-39H2,1-8H3. The molecular formula is C59H67BN2. The Balaban J connectivity index is 1.23. The molecular weight excluding hydrogens is 747 g/mol. The van der Waals surface area contributed by atoms with Gasteiger partial charge in [-0.2, -0.15) is 0 Å². The highest BCUT2D eigenvalue weighted by Gasteiger charge is 2.53. The molecule has 4 aliphatic carbocycles. The van der Waals surface area contributed by atoms with Crippen molar-refractivity contribution in [1.82, 2.24) is 0 Å². The summed E-state index contributed by atoms with van der Waals surface area (Å²) in [5.74, 6) is 1.09. The van der Waals surface area contributed by atoms with Crippen LogP contribution in [-0.4, -0.2) is 18.8 Å². The van der Waals surface area contributed by atoms with Gasteiger partial charge in [0.25, 0.3) is 0 Å². The van der Waals surface area contributed by atoms with Gasteiger partial charge in [0.05, 0.1) is 6.04 Å². The molecule has 0 fully saturated rings. The minimum absolute atomic E-state index is 0.00832. The molecule has 4 aromatic carbocycles. The van der Waals surface area contributed by atoms with E-state index in [2.05, 4.69) is 205 Å². The van der Waals surface area contributed by atoms with Gasteiger partial charge in [-0.25, -0.2) is 0 Å². The van der Waals surface area contributed by atoms with Gasteiger partial charge in [-0.15, -0.1) is 0 Å². The summed E-state index contributed by atoms with van der Waals surface area (Å²) in [6.07, 6.45) is 26.3. The predicted octanol–water partition coefficient (Wildman–Crippen LogP) is 13.9. The molecule has 0 spiro atoms. The van der Waals surface area contributed by atoms with Gasteiger partial charge in [-0.1, -0.05) is 183 Å². The van der Waals surface area contributed by atoms with Crippen LogP contribution >= 0.6 is 0 Å². The predicted molar refractivity (Wildman–Crippen MR) is 268 cm³/mol. The third kappa shape index (κ3) is 7.22. The maximum absolute atomic E-state index is 2.94. The lowest BCUT2D eigenvalue weighted by molar-refractivity contribution is 0.214. The SMILES string of the molecule is CC(C)(C)c1ccc2c(c1)N(C1=CCCC(C(C)(C)C)C1)C1=C3B2c2ccc(-c4ccccc4)cc2N(C2C=CC=C(c4ccccc4)C2)C3CC(C(C)(C)C2=CCCC=C2)C1. The smallest absolute Gasteiger partial charge is 0.246 e. The molecule has 0 aromatic heterocycles. The lowest BCUT2D eigenvalue weighted by Gasteiger charge is -2.57. The Hall–Kier alpha value is -5.02. The summed E-state index contributed by atoms with van der Waals surface area (Å²) in [4.78, 5) is 5.81. The molecule has 0 radical (unpaired) electrons. The van der Waals surface area contributed by atoms with Crippen LogP contribution < -0.4 is 20.7 Å². The summed E-state index contributed by atoms with van der Waals surface area (Å²) >= 11 is 0. The first-order valence-corrected chi connectivity index (χ1v) is 23.9. The molecule has 3 heteroatoms. The van der Waals surface area contributed by atoms with Crippen LogP contribution in [0.15, 0.2) is 162 Å². The van der Waals surface area contributed by atoms with Gasteiger partial charge in [0, 0.05) is 28.8 Å². The number of hydrogen-bond donors (Lipinski definition) is 0. The van der Waals surface area contributed by atoms with E-state index in [1.165, 1.54) is 67.8 Å². The molecule has 4 unspecified atom stereocenters. The van der Waals surface area contributed by atoms with Crippen LogP contribution in [0, 0.1) is 22.7 Å². The molecule has 0 saturated carbocycles. The molecule has 0 saturated heterocycles. The first-order chi connectivity index (χ1) is 29.8. The molecule has 316 valence electrons. The topological polar surface area (TPSA) is 6.48 Å². The van der Waals surface area contributed by atoms with Crippen LogP contribution in [0.25, 0.3) is 16.7 Å². The van der Waals surface area contributed by atoms with Crippen molar-refractivity contribution in [2.45, 2.75) is 124 Å². The minimum Gasteiger partial charge on any atom is -0.359 e. The van der Waals surface area contributed by atoms with Crippen LogP contribution in [0.5, 0.6) is 0 Å². The van der Waals surface area contributed by atoms with E-state index in [1.54, 1.807) is 11.2 Å². The van der Waals surface area contributed by atoms with Crippen molar-refractivity contribution in [2.24, 2.45) is 22.7 Å². The van der Waals surface area contributed by atoms with Gasteiger partial charge in [0.15, 0.2) is 0 Å². The van der Waals surface area contributed by atoms with Crippen molar-refractivity contribution < 1.29 is 0 Å².